The summed E-state index contributed by atoms with van der Waals surface area (Å²) >= 11 is 0. The first-order chi connectivity index (χ1) is 22.4. The second-order valence-corrected chi connectivity index (χ2v) is 12.9. The number of aryl methyl sites for hydroxylation is 4. The van der Waals surface area contributed by atoms with Crippen LogP contribution in [0, 0.1) is 27.7 Å². The molecule has 1 atom stereocenters. The first-order valence-electron chi connectivity index (χ1n) is 16.3. The molecule has 0 N–H and O–H groups in total. The third kappa shape index (κ3) is 4.82. The van der Waals surface area contributed by atoms with Crippen LogP contribution in [0.25, 0.3) is 22.5 Å². The second-order valence-electron chi connectivity index (χ2n) is 12.9. The van der Waals surface area contributed by atoms with Gasteiger partial charge in [-0.25, -0.2) is 0 Å². The molecule has 2 aliphatic carbocycles. The lowest BCUT2D eigenvalue weighted by molar-refractivity contribution is 0.872. The van der Waals surface area contributed by atoms with Crippen LogP contribution < -0.4 is 20.2 Å². The van der Waals surface area contributed by atoms with Crippen LogP contribution in [0.1, 0.15) is 40.2 Å². The molecule has 8 rings (SSSR count). The van der Waals surface area contributed by atoms with Gasteiger partial charge in [0.25, 0.3) is 0 Å². The third-order valence-electron chi connectivity index (χ3n) is 9.60. The van der Waals surface area contributed by atoms with Crippen LogP contribution in [-0.2, 0) is 0 Å². The van der Waals surface area contributed by atoms with E-state index >= 15 is 0 Å². The first-order valence-corrected chi connectivity index (χ1v) is 16.3. The Balaban J connectivity index is 1.40. The van der Waals surface area contributed by atoms with E-state index in [4.69, 9.17) is 0 Å². The lowest BCUT2D eigenvalue weighted by Gasteiger charge is -2.33. The summed E-state index contributed by atoms with van der Waals surface area (Å²) in [7, 11) is 0. The maximum Gasteiger partial charge on any atom is 0.0537 e. The van der Waals surface area contributed by atoms with Crippen molar-refractivity contribution in [2.45, 2.75) is 40.0 Å². The summed E-state index contributed by atoms with van der Waals surface area (Å²) in [5, 5.41) is 5.28. The Morgan fingerprint density at radius 1 is 0.500 bits per heavy atom. The van der Waals surface area contributed by atoms with Crippen molar-refractivity contribution in [3.63, 3.8) is 0 Å². The fourth-order valence-electron chi connectivity index (χ4n) is 7.13. The van der Waals surface area contributed by atoms with Gasteiger partial charge in [-0.1, -0.05) is 101 Å². The zero-order valence-electron chi connectivity index (χ0n) is 27.0. The summed E-state index contributed by atoms with van der Waals surface area (Å²) in [5.41, 5.74) is 13.6. The number of hydrogen-bond acceptors (Lipinski definition) is 2. The van der Waals surface area contributed by atoms with Crippen LogP contribution in [0.4, 0.5) is 28.4 Å². The fraction of sp³-hybridized carbons (Fsp3) is 0.136. The lowest BCUT2D eigenvalue weighted by Crippen LogP contribution is -2.31. The molecule has 0 bridgehead atoms. The highest BCUT2D eigenvalue weighted by molar-refractivity contribution is 5.97. The highest BCUT2D eigenvalue weighted by atomic mass is 15.2. The van der Waals surface area contributed by atoms with Gasteiger partial charge in [0.05, 0.1) is 11.4 Å². The molecule has 0 amide bonds. The van der Waals surface area contributed by atoms with Crippen LogP contribution in [0.2, 0.25) is 0 Å². The molecule has 0 spiro atoms. The van der Waals surface area contributed by atoms with Crippen molar-refractivity contribution >= 4 is 51.0 Å². The smallest absolute Gasteiger partial charge is 0.0537 e. The standard InChI is InChI=1S/C44H38N2/c1-29-5-17-35(18-6-29)45(36-19-7-30(2)8-20-36)41-27-15-33-14-26-40-42(28-16-34-13-25-39(41)43(33)44(34)40)46(37-21-9-31(3)10-22-37)38-23-11-32(4)12-24-38/h5-13,15-28,33H,14H2,1-4H3. The Hall–Kier alpha value is -5.34. The van der Waals surface area contributed by atoms with E-state index in [1.54, 1.807) is 0 Å². The first kappa shape index (κ1) is 28.2. The molecule has 0 fully saturated rings. The number of allylic oxidation sites excluding steroid dienone is 1. The van der Waals surface area contributed by atoms with Gasteiger partial charge in [0.15, 0.2) is 0 Å². The van der Waals surface area contributed by atoms with Gasteiger partial charge in [-0.2, -0.15) is 0 Å². The minimum atomic E-state index is 0.343. The molecule has 0 aromatic heterocycles. The van der Waals surface area contributed by atoms with Gasteiger partial charge in [0.2, 0.25) is 0 Å². The molecule has 1 unspecified atom stereocenters. The Morgan fingerprint density at radius 2 is 0.957 bits per heavy atom. The monoisotopic (exact) mass is 594 g/mol. The van der Waals surface area contributed by atoms with E-state index in [1.165, 1.54) is 83.2 Å². The number of rotatable bonds is 6. The molecule has 2 heteroatoms. The zero-order chi connectivity index (χ0) is 31.4. The largest absolute Gasteiger partial charge is 0.310 e. The minimum Gasteiger partial charge on any atom is -0.310 e. The zero-order valence-corrected chi connectivity index (χ0v) is 27.0. The molecular formula is C44H38N2. The molecule has 0 saturated heterocycles. The van der Waals surface area contributed by atoms with Crippen LogP contribution in [0.5, 0.6) is 0 Å². The van der Waals surface area contributed by atoms with Crippen molar-refractivity contribution < 1.29 is 0 Å². The van der Waals surface area contributed by atoms with E-state index < -0.39 is 0 Å². The molecule has 0 saturated carbocycles. The van der Waals surface area contributed by atoms with E-state index in [0.717, 1.165) is 6.42 Å². The van der Waals surface area contributed by atoms with Gasteiger partial charge in [0, 0.05) is 39.1 Å². The summed E-state index contributed by atoms with van der Waals surface area (Å²) in [4.78, 5) is 4.86. The molecule has 224 valence electrons. The Bertz CT molecular complexity index is 2150. The van der Waals surface area contributed by atoms with E-state index in [2.05, 4.69) is 177 Å². The predicted octanol–water partition coefficient (Wildman–Crippen LogP) is 10.3. The Labute approximate surface area is 271 Å². The van der Waals surface area contributed by atoms with Crippen molar-refractivity contribution in [3.05, 3.63) is 172 Å². The average Bonchev–Trinajstić information content (AvgIpc) is 3.08. The summed E-state index contributed by atoms with van der Waals surface area (Å²) in [6.45, 7) is 8.60. The molecule has 6 aromatic rings. The van der Waals surface area contributed by atoms with Gasteiger partial charge in [-0.15, -0.1) is 0 Å². The van der Waals surface area contributed by atoms with Crippen molar-refractivity contribution in [1.29, 1.82) is 0 Å². The molecular weight excluding hydrogens is 556 g/mol. The summed E-state index contributed by atoms with van der Waals surface area (Å²) < 4.78 is 0. The molecule has 46 heavy (non-hydrogen) atoms. The van der Waals surface area contributed by atoms with Gasteiger partial charge in [-0.3, -0.25) is 0 Å². The number of hydrogen-bond donors (Lipinski definition) is 0. The van der Waals surface area contributed by atoms with Crippen molar-refractivity contribution in [3.8, 4) is 0 Å². The van der Waals surface area contributed by atoms with Gasteiger partial charge < -0.3 is 9.80 Å². The molecule has 2 nitrogen and oxygen atoms in total. The summed E-state index contributed by atoms with van der Waals surface area (Å²) in [5.74, 6) is 0.343. The van der Waals surface area contributed by atoms with Crippen LogP contribution in [0.15, 0.2) is 133 Å². The highest BCUT2D eigenvalue weighted by Crippen LogP contribution is 2.39. The molecule has 2 aliphatic rings. The highest BCUT2D eigenvalue weighted by Gasteiger charge is 2.27. The summed E-state index contributed by atoms with van der Waals surface area (Å²) in [6.07, 6.45) is 8.23. The molecule has 0 aliphatic heterocycles. The van der Waals surface area contributed by atoms with Crippen LogP contribution in [-0.4, -0.2) is 0 Å². The SMILES string of the molecule is Cc1ccc(N(C2=c3ccc4ccc(N(c5ccc(C)cc5)c5ccc(C)cc5)c5c4c3C(C=C2)CC=5)c2ccc(C)cc2)cc1. The van der Waals surface area contributed by atoms with Crippen molar-refractivity contribution in [2.75, 3.05) is 9.80 Å². The maximum absolute atomic E-state index is 2.47. The van der Waals surface area contributed by atoms with Crippen molar-refractivity contribution in [2.24, 2.45) is 0 Å². The number of anilines is 5. The van der Waals surface area contributed by atoms with Crippen LogP contribution >= 0.6 is 0 Å². The molecule has 0 heterocycles. The van der Waals surface area contributed by atoms with Gasteiger partial charge >= 0.3 is 0 Å². The number of benzene rings is 6. The second kappa shape index (κ2) is 11.2. The van der Waals surface area contributed by atoms with Crippen molar-refractivity contribution in [1.82, 2.24) is 0 Å². The van der Waals surface area contributed by atoms with E-state index in [-0.39, 0.29) is 0 Å². The minimum absolute atomic E-state index is 0.343. The van der Waals surface area contributed by atoms with E-state index in [1.807, 2.05) is 0 Å². The topological polar surface area (TPSA) is 6.48 Å². The van der Waals surface area contributed by atoms with Crippen LogP contribution in [0.3, 0.4) is 0 Å². The van der Waals surface area contributed by atoms with E-state index in [9.17, 15) is 0 Å². The Kier molecular flexibility index (Phi) is 6.87. The van der Waals surface area contributed by atoms with Gasteiger partial charge in [-0.05, 0) is 111 Å². The molecule has 0 radical (unpaired) electrons. The Morgan fingerprint density at radius 3 is 1.46 bits per heavy atom. The molecule has 6 aromatic carbocycles. The maximum atomic E-state index is 2.47. The van der Waals surface area contributed by atoms with Gasteiger partial charge in [0.1, 0.15) is 0 Å². The lowest BCUT2D eigenvalue weighted by atomic mass is 9.81. The number of nitrogens with zero attached hydrogens (tertiary/aromatic N) is 2. The average molecular weight is 595 g/mol. The predicted molar refractivity (Wildman–Crippen MR) is 196 cm³/mol. The quantitative estimate of drug-likeness (QED) is 0.189. The van der Waals surface area contributed by atoms with E-state index in [0.29, 0.717) is 5.92 Å². The normalized spacial score (nSPS) is 14.7. The third-order valence-corrected chi connectivity index (χ3v) is 9.60. The summed E-state index contributed by atoms with van der Waals surface area (Å²) in [6, 6.07) is 44.9. The fourth-order valence-corrected chi connectivity index (χ4v) is 7.13.